The van der Waals surface area contributed by atoms with Gasteiger partial charge in [0.1, 0.15) is 30.7 Å². The summed E-state index contributed by atoms with van der Waals surface area (Å²) in [5.41, 5.74) is 7.29. The van der Waals surface area contributed by atoms with Gasteiger partial charge in [-0.1, -0.05) is 239 Å². The average Bonchev–Trinajstić information content (AvgIpc) is 1.54. The van der Waals surface area contributed by atoms with Crippen LogP contribution in [0.5, 0.6) is 0 Å². The third-order valence-electron chi connectivity index (χ3n) is 21.3. The van der Waals surface area contributed by atoms with Crippen molar-refractivity contribution >= 4 is 53.6 Å². The number of carbonyl (C=O) groups excluding carboxylic acids is 2. The lowest BCUT2D eigenvalue weighted by Crippen LogP contribution is -2.38. The van der Waals surface area contributed by atoms with Gasteiger partial charge in [0.05, 0.1) is 21.8 Å². The maximum Gasteiger partial charge on any atom is 0.166 e. The molecule has 4 saturated carbocycles. The van der Waals surface area contributed by atoms with Gasteiger partial charge in [-0.2, -0.15) is 0 Å². The molecule has 4 aliphatic rings. The summed E-state index contributed by atoms with van der Waals surface area (Å²) >= 11 is 0. The minimum absolute atomic E-state index is 0.120. The summed E-state index contributed by atoms with van der Waals surface area (Å²) in [6.07, 6.45) is 2.74. The van der Waals surface area contributed by atoms with Gasteiger partial charge in [-0.25, -0.2) is 16.8 Å². The zero-order chi connectivity index (χ0) is 69.3. The predicted octanol–water partition coefficient (Wildman–Crippen LogP) is 19.2. The van der Waals surface area contributed by atoms with E-state index in [0.29, 0.717) is 25.7 Å². The zero-order valence-electron chi connectivity index (χ0n) is 59.9. The normalized spacial score (nSPS) is 23.0. The molecule has 6 unspecified atom stereocenters. The van der Waals surface area contributed by atoms with Crippen molar-refractivity contribution in [3.05, 3.63) is 179 Å². The molecule has 6 aromatic carbocycles. The van der Waals surface area contributed by atoms with Gasteiger partial charge in [0.2, 0.25) is 0 Å². The Bertz CT molecular complexity index is 3280. The van der Waals surface area contributed by atoms with Crippen LogP contribution in [-0.2, 0) is 84.1 Å². The molecule has 0 spiro atoms. The van der Waals surface area contributed by atoms with E-state index < -0.39 is 41.6 Å². The van der Waals surface area contributed by atoms with Crippen LogP contribution in [0.3, 0.4) is 0 Å². The van der Waals surface area contributed by atoms with Gasteiger partial charge in [-0.15, -0.1) is 0 Å². The van der Waals surface area contributed by atoms with Crippen molar-refractivity contribution in [3.8, 4) is 0 Å². The SMILES string of the molecule is CC(C)(C)c1ccc([S+](c2ccc(C(C)(C)C)cc2)c2ccc(C(C)(C)C)cc2)cc1.CC(C)(C)c1ccc([S+](c2ccc(C(C)(C)C)cc2)c2ccc(C(C)(C)C)cc2)cc1.CC12CCC(C(S(=O)(=O)[O-])C1=O)C2(C)C.CC12CCC(C(S(=O)(=O)[O-])C1=O)C2(C)C. The molecule has 0 aromatic heterocycles. The van der Waals surface area contributed by atoms with Crippen LogP contribution in [-0.4, -0.2) is 48.0 Å². The first-order valence-corrected chi connectivity index (χ1v) is 38.3. The number of hydrogen-bond donors (Lipinski definition) is 0. The van der Waals surface area contributed by atoms with Gasteiger partial charge in [0.15, 0.2) is 40.9 Å². The van der Waals surface area contributed by atoms with E-state index >= 15 is 0 Å². The highest BCUT2D eigenvalue weighted by Crippen LogP contribution is 2.66. The summed E-state index contributed by atoms with van der Waals surface area (Å²) in [7, 11) is -9.22. The molecule has 500 valence electrons. The molecule has 0 aliphatic heterocycles. The van der Waals surface area contributed by atoms with Crippen molar-refractivity contribution in [1.29, 1.82) is 0 Å². The third-order valence-corrected chi connectivity index (χ3v) is 28.1. The fourth-order valence-corrected chi connectivity index (χ4v) is 20.9. The maximum absolute atomic E-state index is 12.0. The van der Waals surface area contributed by atoms with E-state index in [2.05, 4.69) is 270 Å². The zero-order valence-corrected chi connectivity index (χ0v) is 63.2. The van der Waals surface area contributed by atoms with E-state index in [1.807, 2.05) is 27.7 Å². The van der Waals surface area contributed by atoms with Gasteiger partial charge < -0.3 is 9.11 Å². The maximum atomic E-state index is 12.0. The molecule has 6 aromatic rings. The Hall–Kier alpha value is -4.82. The summed E-state index contributed by atoms with van der Waals surface area (Å²) in [5, 5.41) is -2.60. The monoisotopic (exact) mass is 1320 g/mol. The summed E-state index contributed by atoms with van der Waals surface area (Å²) in [4.78, 5) is 32.2. The fourth-order valence-electron chi connectivity index (χ4n) is 14.0. The molecule has 4 bridgehead atoms. The summed E-state index contributed by atoms with van der Waals surface area (Å²) in [6.45, 7) is 52.1. The van der Waals surface area contributed by atoms with Crippen molar-refractivity contribution in [2.24, 2.45) is 33.5 Å². The Morgan fingerprint density at radius 1 is 0.315 bits per heavy atom. The summed E-state index contributed by atoms with van der Waals surface area (Å²) < 4.78 is 66.5. The first kappa shape index (κ1) is 74.6. The summed E-state index contributed by atoms with van der Waals surface area (Å²) in [6, 6.07) is 55.7. The molecule has 6 atom stereocenters. The van der Waals surface area contributed by atoms with Gasteiger partial charge in [0.25, 0.3) is 0 Å². The predicted molar refractivity (Wildman–Crippen MR) is 381 cm³/mol. The molecule has 0 N–H and O–H groups in total. The van der Waals surface area contributed by atoms with Crippen molar-refractivity contribution in [2.45, 2.75) is 264 Å². The van der Waals surface area contributed by atoms with E-state index in [-0.39, 0.29) is 88.5 Å². The number of ketones is 2. The molecule has 92 heavy (non-hydrogen) atoms. The van der Waals surface area contributed by atoms with Crippen LogP contribution in [0, 0.1) is 33.5 Å². The molecule has 8 nitrogen and oxygen atoms in total. The summed E-state index contributed by atoms with van der Waals surface area (Å²) in [5.74, 6) is -1.31. The molecule has 0 amide bonds. The van der Waals surface area contributed by atoms with Crippen molar-refractivity contribution in [2.75, 3.05) is 0 Å². The second-order valence-corrected chi connectivity index (χ2v) is 41.3. The Morgan fingerprint density at radius 2 is 0.467 bits per heavy atom. The van der Waals surface area contributed by atoms with Crippen LogP contribution in [0.4, 0.5) is 0 Å². The molecular formula is C80H108O8S4. The lowest BCUT2D eigenvalue weighted by Gasteiger charge is -2.32. The molecule has 4 aliphatic carbocycles. The fraction of sp³-hybridized carbons (Fsp3) is 0.525. The molecule has 0 heterocycles. The molecular weight excluding hydrogens is 1220 g/mol. The number of Topliss-reactive ketones (excluding diaryl/α,β-unsaturated/α-hetero) is 2. The molecule has 0 radical (unpaired) electrons. The van der Waals surface area contributed by atoms with Crippen LogP contribution < -0.4 is 0 Å². The molecule has 0 saturated heterocycles. The first-order valence-electron chi connectivity index (χ1n) is 32.9. The molecule has 12 heteroatoms. The lowest BCUT2D eigenvalue weighted by molar-refractivity contribution is -0.128. The van der Waals surface area contributed by atoms with Gasteiger partial charge in [-0.3, -0.25) is 9.59 Å². The Labute approximate surface area is 562 Å². The van der Waals surface area contributed by atoms with E-state index in [0.717, 1.165) is 0 Å². The number of hydrogen-bond acceptors (Lipinski definition) is 8. The minimum atomic E-state index is -4.49. The Morgan fingerprint density at radius 3 is 0.565 bits per heavy atom. The Balaban J connectivity index is 0.000000183. The number of benzene rings is 6. The van der Waals surface area contributed by atoms with Crippen molar-refractivity contribution in [3.63, 3.8) is 0 Å². The van der Waals surface area contributed by atoms with Crippen LogP contribution in [0.1, 0.15) is 225 Å². The number of carbonyl (C=O) groups is 2. The second kappa shape index (κ2) is 26.0. The Kier molecular flexibility index (Phi) is 21.0. The topological polar surface area (TPSA) is 149 Å². The van der Waals surface area contributed by atoms with Crippen LogP contribution >= 0.6 is 0 Å². The third kappa shape index (κ3) is 15.5. The van der Waals surface area contributed by atoms with E-state index in [1.165, 1.54) is 62.8 Å². The van der Waals surface area contributed by atoms with E-state index in [1.54, 1.807) is 13.8 Å². The number of rotatable bonds is 8. The van der Waals surface area contributed by atoms with E-state index in [4.69, 9.17) is 0 Å². The van der Waals surface area contributed by atoms with Gasteiger partial charge in [0, 0.05) is 10.8 Å². The highest BCUT2D eigenvalue weighted by atomic mass is 32.2. The molecule has 10 rings (SSSR count). The van der Waals surface area contributed by atoms with Gasteiger partial charge >= 0.3 is 0 Å². The largest absolute Gasteiger partial charge is 0.747 e. The first-order chi connectivity index (χ1) is 41.8. The quantitative estimate of drug-likeness (QED) is 0.108. The number of fused-ring (bicyclic) bond motifs is 4. The highest BCUT2D eigenvalue weighted by Gasteiger charge is 2.69. The minimum Gasteiger partial charge on any atom is -0.747 e. The highest BCUT2D eigenvalue weighted by molar-refractivity contribution is 7.97. The molecule has 4 fully saturated rings. The standard InChI is InChI=1S/2C30H39S.2C10H16O4S/c2*1-28(2,3)22-10-16-25(17-11-22)31(26-18-12-23(13-19-26)29(4,5)6)27-20-14-24(15-21-27)30(7,8)9;2*1-9(2)6-4-5-10(9,3)8(11)7(6)15(12,13)14/h2*10-21H,1-9H3;2*6-7H,4-5H2,1-3H3,(H,12,13,14)/q2*+1;;/p-2. The van der Waals surface area contributed by atoms with E-state index in [9.17, 15) is 35.5 Å². The second-order valence-electron chi connectivity index (χ2n) is 34.2. The smallest absolute Gasteiger partial charge is 0.166 e. The van der Waals surface area contributed by atoms with Crippen molar-refractivity contribution < 1.29 is 35.5 Å². The van der Waals surface area contributed by atoms with Crippen molar-refractivity contribution in [1.82, 2.24) is 0 Å². The van der Waals surface area contributed by atoms with Crippen LogP contribution in [0.15, 0.2) is 175 Å². The average molecular weight is 1330 g/mol. The van der Waals surface area contributed by atoms with Gasteiger partial charge in [-0.05, 0) is 187 Å². The van der Waals surface area contributed by atoms with Crippen LogP contribution in [0.25, 0.3) is 0 Å². The lowest BCUT2D eigenvalue weighted by atomic mass is 9.70. The van der Waals surface area contributed by atoms with Crippen LogP contribution in [0.2, 0.25) is 0 Å².